The van der Waals surface area contributed by atoms with E-state index < -0.39 is 0 Å². The van der Waals surface area contributed by atoms with Gasteiger partial charge in [-0.1, -0.05) is 42.5 Å². The monoisotopic (exact) mass is 281 g/mol. The van der Waals surface area contributed by atoms with Gasteiger partial charge in [0.15, 0.2) is 0 Å². The Morgan fingerprint density at radius 3 is 2.57 bits per heavy atom. The summed E-state index contributed by atoms with van der Waals surface area (Å²) in [6.45, 7) is 7.43. The molecule has 0 saturated heterocycles. The molecule has 2 heteroatoms. The maximum absolute atomic E-state index is 6.07. The van der Waals surface area contributed by atoms with E-state index in [9.17, 15) is 0 Å². The van der Waals surface area contributed by atoms with Gasteiger partial charge in [-0.25, -0.2) is 0 Å². The quantitative estimate of drug-likeness (QED) is 0.913. The number of ether oxygens (including phenoxy) is 1. The first-order chi connectivity index (χ1) is 10.1. The number of hydrogen-bond donors (Lipinski definition) is 1. The second-order valence-corrected chi connectivity index (χ2v) is 6.31. The van der Waals surface area contributed by atoms with Gasteiger partial charge in [-0.05, 0) is 50.9 Å². The molecular formula is C19H23NO. The van der Waals surface area contributed by atoms with Crippen molar-refractivity contribution in [3.8, 4) is 5.75 Å². The number of hydrogen-bond acceptors (Lipinski definition) is 2. The molecule has 2 nitrogen and oxygen atoms in total. The summed E-state index contributed by atoms with van der Waals surface area (Å²) in [5.41, 5.74) is 3.85. The fourth-order valence-electron chi connectivity index (χ4n) is 3.13. The van der Waals surface area contributed by atoms with E-state index in [0.29, 0.717) is 0 Å². The molecule has 0 amide bonds. The summed E-state index contributed by atoms with van der Waals surface area (Å²) in [5.74, 6) is 1.01. The van der Waals surface area contributed by atoms with Crippen LogP contribution in [0.15, 0.2) is 48.5 Å². The standard InChI is InChI=1S/C19H23NO/c1-14-8-4-5-9-15(14)12-13-20-18-16-10-6-7-11-17(16)21-19(18,2)3/h4-11,18,20H,12-13H2,1-3H3. The predicted molar refractivity (Wildman–Crippen MR) is 86.8 cm³/mol. The van der Waals surface area contributed by atoms with Crippen LogP contribution >= 0.6 is 0 Å². The van der Waals surface area contributed by atoms with Gasteiger partial charge in [-0.2, -0.15) is 0 Å². The summed E-state index contributed by atoms with van der Waals surface area (Å²) < 4.78 is 6.07. The van der Waals surface area contributed by atoms with Crippen LogP contribution < -0.4 is 10.1 Å². The molecule has 1 unspecified atom stereocenters. The van der Waals surface area contributed by atoms with E-state index in [-0.39, 0.29) is 11.6 Å². The highest BCUT2D eigenvalue weighted by Crippen LogP contribution is 2.42. The second-order valence-electron chi connectivity index (χ2n) is 6.31. The smallest absolute Gasteiger partial charge is 0.125 e. The lowest BCUT2D eigenvalue weighted by atomic mass is 9.94. The maximum Gasteiger partial charge on any atom is 0.125 e. The third-order valence-corrected chi connectivity index (χ3v) is 4.30. The fraction of sp³-hybridized carbons (Fsp3) is 0.368. The van der Waals surface area contributed by atoms with Crippen LogP contribution in [-0.2, 0) is 6.42 Å². The third-order valence-electron chi connectivity index (χ3n) is 4.30. The minimum Gasteiger partial charge on any atom is -0.486 e. The second kappa shape index (κ2) is 5.53. The van der Waals surface area contributed by atoms with Crippen LogP contribution in [0.5, 0.6) is 5.75 Å². The van der Waals surface area contributed by atoms with Crippen molar-refractivity contribution in [3.63, 3.8) is 0 Å². The fourth-order valence-corrected chi connectivity index (χ4v) is 3.13. The van der Waals surface area contributed by atoms with Gasteiger partial charge in [-0.15, -0.1) is 0 Å². The van der Waals surface area contributed by atoms with Crippen molar-refractivity contribution in [2.24, 2.45) is 0 Å². The summed E-state index contributed by atoms with van der Waals surface area (Å²) >= 11 is 0. The van der Waals surface area contributed by atoms with Crippen molar-refractivity contribution < 1.29 is 4.74 Å². The predicted octanol–water partition coefficient (Wildman–Crippen LogP) is 4.04. The Morgan fingerprint density at radius 1 is 1.05 bits per heavy atom. The highest BCUT2D eigenvalue weighted by atomic mass is 16.5. The normalized spacial score (nSPS) is 19.1. The Morgan fingerprint density at radius 2 is 1.76 bits per heavy atom. The van der Waals surface area contributed by atoms with Gasteiger partial charge in [0.05, 0.1) is 6.04 Å². The van der Waals surface area contributed by atoms with Gasteiger partial charge in [0.1, 0.15) is 11.4 Å². The highest BCUT2D eigenvalue weighted by molar-refractivity contribution is 5.42. The maximum atomic E-state index is 6.07. The van der Waals surface area contributed by atoms with Crippen LogP contribution in [0.4, 0.5) is 0 Å². The van der Waals surface area contributed by atoms with E-state index in [2.05, 4.69) is 68.6 Å². The molecule has 21 heavy (non-hydrogen) atoms. The summed E-state index contributed by atoms with van der Waals surface area (Å²) in [6, 6.07) is 17.2. The number of benzene rings is 2. The molecule has 0 saturated carbocycles. The number of para-hydroxylation sites is 1. The van der Waals surface area contributed by atoms with Gasteiger partial charge < -0.3 is 10.1 Å². The van der Waals surface area contributed by atoms with E-state index in [1.165, 1.54) is 16.7 Å². The third kappa shape index (κ3) is 2.81. The van der Waals surface area contributed by atoms with Crippen LogP contribution in [0.3, 0.4) is 0 Å². The van der Waals surface area contributed by atoms with Gasteiger partial charge in [0.2, 0.25) is 0 Å². The van der Waals surface area contributed by atoms with Gasteiger partial charge in [0, 0.05) is 5.56 Å². The lowest BCUT2D eigenvalue weighted by Gasteiger charge is -2.27. The number of rotatable bonds is 4. The van der Waals surface area contributed by atoms with Crippen molar-refractivity contribution in [2.45, 2.75) is 38.8 Å². The summed E-state index contributed by atoms with van der Waals surface area (Å²) in [7, 11) is 0. The van der Waals surface area contributed by atoms with E-state index >= 15 is 0 Å². The Bertz CT molecular complexity index is 633. The number of fused-ring (bicyclic) bond motifs is 1. The largest absolute Gasteiger partial charge is 0.486 e. The van der Waals surface area contributed by atoms with Crippen LogP contribution in [0.25, 0.3) is 0 Å². The van der Waals surface area contributed by atoms with E-state index in [1.807, 2.05) is 6.07 Å². The minimum atomic E-state index is -0.199. The zero-order valence-electron chi connectivity index (χ0n) is 13.0. The molecule has 1 N–H and O–H groups in total. The first-order valence-electron chi connectivity index (χ1n) is 7.64. The van der Waals surface area contributed by atoms with Crippen molar-refractivity contribution >= 4 is 0 Å². The van der Waals surface area contributed by atoms with Crippen LogP contribution in [0.2, 0.25) is 0 Å². The molecule has 0 radical (unpaired) electrons. The lowest BCUT2D eigenvalue weighted by Crippen LogP contribution is -2.39. The van der Waals surface area contributed by atoms with Crippen molar-refractivity contribution in [3.05, 3.63) is 65.2 Å². The molecule has 0 spiro atoms. The Labute approximate surface area is 127 Å². The Kier molecular flexibility index (Phi) is 3.73. The van der Waals surface area contributed by atoms with Gasteiger partial charge >= 0.3 is 0 Å². The van der Waals surface area contributed by atoms with Crippen molar-refractivity contribution in [2.75, 3.05) is 6.54 Å². The van der Waals surface area contributed by atoms with Crippen LogP contribution in [0.1, 0.15) is 36.6 Å². The minimum absolute atomic E-state index is 0.199. The molecule has 3 rings (SSSR count). The highest BCUT2D eigenvalue weighted by Gasteiger charge is 2.40. The molecule has 0 aliphatic carbocycles. The topological polar surface area (TPSA) is 21.3 Å². The summed E-state index contributed by atoms with van der Waals surface area (Å²) in [5, 5.41) is 3.68. The first kappa shape index (κ1) is 14.2. The molecule has 1 aliphatic rings. The molecule has 0 fully saturated rings. The van der Waals surface area contributed by atoms with Gasteiger partial charge in [0.25, 0.3) is 0 Å². The average Bonchev–Trinajstić information content (AvgIpc) is 2.71. The SMILES string of the molecule is Cc1ccccc1CCNC1c2ccccc2OC1(C)C. The molecule has 0 aromatic heterocycles. The molecule has 1 atom stereocenters. The van der Waals surface area contributed by atoms with Crippen LogP contribution in [-0.4, -0.2) is 12.1 Å². The summed E-state index contributed by atoms with van der Waals surface area (Å²) in [4.78, 5) is 0. The van der Waals surface area contributed by atoms with Gasteiger partial charge in [-0.3, -0.25) is 0 Å². The zero-order chi connectivity index (χ0) is 14.9. The lowest BCUT2D eigenvalue weighted by molar-refractivity contribution is 0.0968. The van der Waals surface area contributed by atoms with E-state index in [0.717, 1.165) is 18.7 Å². The molecule has 2 aromatic carbocycles. The van der Waals surface area contributed by atoms with E-state index in [4.69, 9.17) is 4.74 Å². The molecule has 0 bridgehead atoms. The summed E-state index contributed by atoms with van der Waals surface area (Å²) in [6.07, 6.45) is 1.04. The zero-order valence-corrected chi connectivity index (χ0v) is 13.0. The molecular weight excluding hydrogens is 258 g/mol. The number of nitrogens with one attached hydrogen (secondary N) is 1. The molecule has 1 aliphatic heterocycles. The molecule has 1 heterocycles. The average molecular weight is 281 g/mol. The Balaban J connectivity index is 1.69. The molecule has 2 aromatic rings. The van der Waals surface area contributed by atoms with Crippen molar-refractivity contribution in [1.82, 2.24) is 5.32 Å². The van der Waals surface area contributed by atoms with Crippen LogP contribution in [0, 0.1) is 6.92 Å². The van der Waals surface area contributed by atoms with E-state index in [1.54, 1.807) is 0 Å². The first-order valence-corrected chi connectivity index (χ1v) is 7.64. The number of aryl methyl sites for hydroxylation is 1. The molecule has 110 valence electrons. The Hall–Kier alpha value is -1.80. The van der Waals surface area contributed by atoms with Crippen molar-refractivity contribution in [1.29, 1.82) is 0 Å².